The van der Waals surface area contributed by atoms with Crippen molar-refractivity contribution in [3.05, 3.63) is 41.5 Å². The van der Waals surface area contributed by atoms with E-state index in [4.69, 9.17) is 10.7 Å². The van der Waals surface area contributed by atoms with E-state index in [9.17, 15) is 21.6 Å². The highest BCUT2D eigenvalue weighted by molar-refractivity contribution is 8.14. The molecule has 4 nitrogen and oxygen atoms in total. The van der Waals surface area contributed by atoms with Crippen LogP contribution in [0, 0.1) is 0 Å². The summed E-state index contributed by atoms with van der Waals surface area (Å²) >= 11 is 0. The SMILES string of the molecule is CN=C(N1CCc2c(cc(S(=O)(=O)Cl)c3ccccc23)C1)C(F)(F)F. The summed E-state index contributed by atoms with van der Waals surface area (Å²) in [6.07, 6.45) is -4.21. The third kappa shape index (κ3) is 3.32. The quantitative estimate of drug-likeness (QED) is 0.423. The highest BCUT2D eigenvalue weighted by Gasteiger charge is 2.40. The normalized spacial score (nSPS) is 16.2. The molecule has 1 aliphatic rings. The molecule has 0 amide bonds. The number of aliphatic imine (C=N–C) groups is 1. The molecule has 0 bridgehead atoms. The smallest absolute Gasteiger partial charge is 0.348 e. The lowest BCUT2D eigenvalue weighted by Crippen LogP contribution is -2.44. The zero-order valence-corrected chi connectivity index (χ0v) is 14.7. The van der Waals surface area contributed by atoms with Crippen molar-refractivity contribution < 1.29 is 21.6 Å². The van der Waals surface area contributed by atoms with E-state index >= 15 is 0 Å². The van der Waals surface area contributed by atoms with E-state index in [1.807, 2.05) is 0 Å². The summed E-state index contributed by atoms with van der Waals surface area (Å²) in [4.78, 5) is 4.39. The van der Waals surface area contributed by atoms with E-state index in [-0.39, 0.29) is 18.0 Å². The molecule has 0 radical (unpaired) electrons. The van der Waals surface area contributed by atoms with Crippen LogP contribution in [-0.4, -0.2) is 38.9 Å². The lowest BCUT2D eigenvalue weighted by atomic mass is 9.93. The summed E-state index contributed by atoms with van der Waals surface area (Å²) in [5.74, 6) is -0.971. The summed E-state index contributed by atoms with van der Waals surface area (Å²) in [5.41, 5.74) is 1.35. The Bertz CT molecular complexity index is 971. The van der Waals surface area contributed by atoms with E-state index in [1.165, 1.54) is 6.07 Å². The zero-order valence-electron chi connectivity index (χ0n) is 13.1. The van der Waals surface area contributed by atoms with Gasteiger partial charge in [-0.3, -0.25) is 4.99 Å². The number of benzene rings is 2. The van der Waals surface area contributed by atoms with Crippen molar-refractivity contribution in [3.63, 3.8) is 0 Å². The zero-order chi connectivity index (χ0) is 18.4. The maximum absolute atomic E-state index is 13.1. The summed E-state index contributed by atoms with van der Waals surface area (Å²) in [6, 6.07) is 8.23. The van der Waals surface area contributed by atoms with E-state index in [1.54, 1.807) is 24.3 Å². The minimum absolute atomic E-state index is 0.0776. The van der Waals surface area contributed by atoms with Crippen molar-refractivity contribution in [2.24, 2.45) is 4.99 Å². The van der Waals surface area contributed by atoms with Gasteiger partial charge in [-0.2, -0.15) is 13.2 Å². The van der Waals surface area contributed by atoms with Crippen LogP contribution >= 0.6 is 10.7 Å². The molecule has 0 aliphatic carbocycles. The maximum atomic E-state index is 13.1. The Morgan fingerprint density at radius 2 is 1.88 bits per heavy atom. The molecule has 3 rings (SSSR count). The fourth-order valence-corrected chi connectivity index (χ4v) is 4.36. The van der Waals surface area contributed by atoms with E-state index in [2.05, 4.69) is 4.99 Å². The van der Waals surface area contributed by atoms with Crippen LogP contribution in [0.5, 0.6) is 0 Å². The van der Waals surface area contributed by atoms with Crippen molar-refractivity contribution in [1.82, 2.24) is 4.90 Å². The number of alkyl halides is 3. The van der Waals surface area contributed by atoms with Crippen molar-refractivity contribution >= 4 is 36.3 Å². The number of nitrogens with zero attached hydrogens (tertiary/aromatic N) is 2. The molecule has 2 aromatic carbocycles. The first kappa shape index (κ1) is 18.0. The minimum atomic E-state index is -4.56. The van der Waals surface area contributed by atoms with Gasteiger partial charge in [0.25, 0.3) is 9.05 Å². The fourth-order valence-electron chi connectivity index (χ4n) is 3.25. The van der Waals surface area contributed by atoms with E-state index in [0.29, 0.717) is 22.8 Å². The standard InChI is InChI=1S/C16H14ClF3N2O2S/c1-21-15(16(18,19)20)22-7-6-11-10(9-22)8-14(25(17,23)24)13-5-3-2-4-12(11)13/h2-5,8H,6-7,9H2,1H3. The van der Waals surface area contributed by atoms with Gasteiger partial charge in [0.15, 0.2) is 0 Å². The Morgan fingerprint density at radius 3 is 2.44 bits per heavy atom. The Hall–Kier alpha value is -1.80. The molecule has 0 spiro atoms. The van der Waals surface area contributed by atoms with Crippen LogP contribution in [-0.2, 0) is 22.0 Å². The first-order valence-electron chi connectivity index (χ1n) is 7.40. The number of rotatable bonds is 1. The minimum Gasteiger partial charge on any atom is -0.348 e. The molecule has 0 saturated heterocycles. The van der Waals surface area contributed by atoms with E-state index < -0.39 is 21.1 Å². The van der Waals surface area contributed by atoms with Crippen molar-refractivity contribution in [2.45, 2.75) is 24.0 Å². The predicted molar refractivity (Wildman–Crippen MR) is 90.5 cm³/mol. The summed E-state index contributed by atoms with van der Waals surface area (Å²) in [7, 11) is 2.59. The van der Waals surface area contributed by atoms with Crippen molar-refractivity contribution in [1.29, 1.82) is 0 Å². The third-order valence-corrected chi connectivity index (χ3v) is 5.59. The predicted octanol–water partition coefficient (Wildman–Crippen LogP) is 3.72. The van der Waals surface area contributed by atoms with Crippen LogP contribution in [0.25, 0.3) is 10.8 Å². The summed E-state index contributed by atoms with van der Waals surface area (Å²) < 4.78 is 63.2. The van der Waals surface area contributed by atoms with Gasteiger partial charge in [-0.25, -0.2) is 8.42 Å². The number of halogens is 4. The molecule has 0 aromatic heterocycles. The molecule has 9 heteroatoms. The van der Waals surface area contributed by atoms with Gasteiger partial charge in [0.1, 0.15) is 0 Å². The van der Waals surface area contributed by atoms with Crippen molar-refractivity contribution in [3.8, 4) is 0 Å². The first-order valence-corrected chi connectivity index (χ1v) is 9.71. The second kappa shape index (κ2) is 6.17. The monoisotopic (exact) mass is 390 g/mol. The van der Waals surface area contributed by atoms with E-state index in [0.717, 1.165) is 17.5 Å². The second-order valence-corrected chi connectivity index (χ2v) is 8.25. The number of hydrogen-bond acceptors (Lipinski definition) is 3. The number of amidine groups is 1. The van der Waals surface area contributed by atoms with Crippen LogP contribution in [0.1, 0.15) is 11.1 Å². The maximum Gasteiger partial charge on any atom is 0.449 e. The van der Waals surface area contributed by atoms with Crippen LogP contribution in [0.2, 0.25) is 0 Å². The van der Waals surface area contributed by atoms with Gasteiger partial charge >= 0.3 is 6.18 Å². The number of hydrogen-bond donors (Lipinski definition) is 0. The van der Waals surface area contributed by atoms with Gasteiger partial charge in [0.05, 0.1) is 4.90 Å². The highest BCUT2D eigenvalue weighted by atomic mass is 35.7. The number of fused-ring (bicyclic) bond motifs is 3. The van der Waals surface area contributed by atoms with Gasteiger partial charge in [0, 0.05) is 36.2 Å². The Labute approximate surface area is 147 Å². The van der Waals surface area contributed by atoms with Crippen LogP contribution in [0.4, 0.5) is 13.2 Å². The van der Waals surface area contributed by atoms with Gasteiger partial charge in [-0.15, -0.1) is 0 Å². The van der Waals surface area contributed by atoms with Crippen molar-refractivity contribution in [2.75, 3.05) is 13.6 Å². The molecular formula is C16H14ClF3N2O2S. The molecule has 0 saturated carbocycles. The Kier molecular flexibility index (Phi) is 4.45. The molecule has 134 valence electrons. The molecule has 0 N–H and O–H groups in total. The van der Waals surface area contributed by atoms with Gasteiger partial charge in [-0.05, 0) is 29.0 Å². The Balaban J connectivity index is 2.16. The van der Waals surface area contributed by atoms with Crippen LogP contribution < -0.4 is 0 Å². The molecule has 25 heavy (non-hydrogen) atoms. The van der Waals surface area contributed by atoms with Gasteiger partial charge in [-0.1, -0.05) is 24.3 Å². The molecule has 1 aliphatic heterocycles. The third-order valence-electron chi connectivity index (χ3n) is 4.23. The molecule has 0 atom stereocenters. The molecule has 0 unspecified atom stereocenters. The topological polar surface area (TPSA) is 49.7 Å². The summed E-state index contributed by atoms with van der Waals surface area (Å²) in [6.45, 7) is 0.0713. The summed E-state index contributed by atoms with van der Waals surface area (Å²) in [5, 5.41) is 1.17. The highest BCUT2D eigenvalue weighted by Crippen LogP contribution is 2.35. The fraction of sp³-hybridized carbons (Fsp3) is 0.312. The van der Waals surface area contributed by atoms with Gasteiger partial charge in [0.2, 0.25) is 5.84 Å². The average molecular weight is 391 g/mol. The van der Waals surface area contributed by atoms with Crippen LogP contribution in [0.15, 0.2) is 40.2 Å². The first-order chi connectivity index (χ1) is 11.6. The largest absolute Gasteiger partial charge is 0.449 e. The lowest BCUT2D eigenvalue weighted by molar-refractivity contribution is -0.0696. The van der Waals surface area contributed by atoms with Crippen LogP contribution in [0.3, 0.4) is 0 Å². The lowest BCUT2D eigenvalue weighted by Gasteiger charge is -2.33. The Morgan fingerprint density at radius 1 is 1.24 bits per heavy atom. The van der Waals surface area contributed by atoms with Gasteiger partial charge < -0.3 is 4.90 Å². The second-order valence-electron chi connectivity index (χ2n) is 5.71. The average Bonchev–Trinajstić information content (AvgIpc) is 2.52. The molecule has 2 aromatic rings. The molecule has 1 heterocycles. The molecule has 0 fully saturated rings. The molecular weight excluding hydrogens is 377 g/mol.